The molecule has 1 aromatic rings. The molecule has 3 nitrogen and oxygen atoms in total. The highest BCUT2D eigenvalue weighted by molar-refractivity contribution is 5.51. The van der Waals surface area contributed by atoms with E-state index in [-0.39, 0.29) is 0 Å². The van der Waals surface area contributed by atoms with Gasteiger partial charge in [-0.1, -0.05) is 18.2 Å². The molecule has 0 aliphatic heterocycles. The van der Waals surface area contributed by atoms with E-state index in [0.29, 0.717) is 18.8 Å². The van der Waals surface area contributed by atoms with Crippen LogP contribution in [0.5, 0.6) is 0 Å². The van der Waals surface area contributed by atoms with Crippen LogP contribution in [0, 0.1) is 0 Å². The summed E-state index contributed by atoms with van der Waals surface area (Å²) in [5.74, 6) is 0. The molecule has 1 aliphatic rings. The average molecular weight is 249 g/mol. The molecule has 1 saturated carbocycles. The lowest BCUT2D eigenvalue weighted by atomic mass is 9.89. The van der Waals surface area contributed by atoms with Gasteiger partial charge in [-0.3, -0.25) is 0 Å². The maximum atomic E-state index is 5.58. The van der Waals surface area contributed by atoms with Crippen LogP contribution in [0.3, 0.4) is 0 Å². The summed E-state index contributed by atoms with van der Waals surface area (Å²) < 4.78 is 11.1. The van der Waals surface area contributed by atoms with Crippen molar-refractivity contribution in [1.29, 1.82) is 0 Å². The number of para-hydroxylation sites is 1. The van der Waals surface area contributed by atoms with E-state index in [9.17, 15) is 0 Å². The van der Waals surface area contributed by atoms with E-state index in [1.54, 1.807) is 0 Å². The van der Waals surface area contributed by atoms with Gasteiger partial charge in [0.2, 0.25) is 0 Å². The van der Waals surface area contributed by atoms with Crippen LogP contribution >= 0.6 is 0 Å². The minimum Gasteiger partial charge on any atom is -0.382 e. The minimum absolute atomic E-state index is 0.451. The molecule has 2 rings (SSSR count). The van der Waals surface area contributed by atoms with Crippen molar-refractivity contribution < 1.29 is 9.47 Å². The van der Waals surface area contributed by atoms with Crippen LogP contribution in [0.1, 0.15) is 32.3 Å². The van der Waals surface area contributed by atoms with E-state index in [2.05, 4.69) is 36.5 Å². The Labute approximate surface area is 109 Å². The van der Waals surface area contributed by atoms with Crippen LogP contribution in [0.2, 0.25) is 0 Å². The van der Waals surface area contributed by atoms with E-state index in [4.69, 9.17) is 9.47 Å². The molecule has 18 heavy (non-hydrogen) atoms. The Hall–Kier alpha value is -1.06. The summed E-state index contributed by atoms with van der Waals surface area (Å²) in [4.78, 5) is 0. The van der Waals surface area contributed by atoms with Gasteiger partial charge in [0.25, 0.3) is 0 Å². The van der Waals surface area contributed by atoms with E-state index >= 15 is 0 Å². The zero-order valence-electron chi connectivity index (χ0n) is 11.3. The summed E-state index contributed by atoms with van der Waals surface area (Å²) in [5.41, 5.74) is 2.44. The van der Waals surface area contributed by atoms with Gasteiger partial charge >= 0.3 is 0 Å². The van der Waals surface area contributed by atoms with E-state index in [1.165, 1.54) is 11.3 Å². The van der Waals surface area contributed by atoms with Crippen molar-refractivity contribution in [1.82, 2.24) is 0 Å². The van der Waals surface area contributed by atoms with Gasteiger partial charge in [-0.2, -0.15) is 0 Å². The zero-order valence-corrected chi connectivity index (χ0v) is 11.3. The van der Waals surface area contributed by atoms with Gasteiger partial charge in [0.05, 0.1) is 12.7 Å². The number of rotatable bonds is 7. The van der Waals surface area contributed by atoms with Crippen LogP contribution < -0.4 is 5.32 Å². The molecule has 0 heterocycles. The molecule has 3 heteroatoms. The molecule has 0 saturated heterocycles. The monoisotopic (exact) mass is 249 g/mol. The second kappa shape index (κ2) is 6.76. The molecule has 0 bridgehead atoms. The van der Waals surface area contributed by atoms with Crippen LogP contribution in [-0.4, -0.2) is 25.4 Å². The maximum Gasteiger partial charge on any atom is 0.0736 e. The highest BCUT2D eigenvalue weighted by atomic mass is 16.5. The maximum absolute atomic E-state index is 5.58. The van der Waals surface area contributed by atoms with Crippen LogP contribution in [0.15, 0.2) is 24.3 Å². The summed E-state index contributed by atoms with van der Waals surface area (Å²) in [5, 5.41) is 3.58. The summed E-state index contributed by atoms with van der Waals surface area (Å²) in [7, 11) is 0. The molecule has 0 radical (unpaired) electrons. The summed E-state index contributed by atoms with van der Waals surface area (Å²) >= 11 is 0. The van der Waals surface area contributed by atoms with Crippen LogP contribution in [0.25, 0.3) is 0 Å². The lowest BCUT2D eigenvalue weighted by molar-refractivity contribution is 0.00295. The fraction of sp³-hybridized carbons (Fsp3) is 0.600. The van der Waals surface area contributed by atoms with Crippen molar-refractivity contribution in [3.8, 4) is 0 Å². The standard InChI is InChI=1S/C15H23NO2/c1-3-17-11-12-7-5-6-8-15(12)16-13-9-14(10-13)18-4-2/h5-8,13-14,16H,3-4,9-11H2,1-2H3. The SMILES string of the molecule is CCOCc1ccccc1NC1CC(OCC)C1. The van der Waals surface area contributed by atoms with Crippen molar-refractivity contribution in [3.63, 3.8) is 0 Å². The molecule has 1 N–H and O–H groups in total. The van der Waals surface area contributed by atoms with Crippen molar-refractivity contribution >= 4 is 5.69 Å². The molecule has 0 spiro atoms. The first kappa shape index (κ1) is 13.4. The summed E-state index contributed by atoms with van der Waals surface area (Å²) in [6, 6.07) is 8.92. The fourth-order valence-electron chi connectivity index (χ4n) is 2.27. The van der Waals surface area contributed by atoms with Crippen molar-refractivity contribution in [2.45, 2.75) is 45.4 Å². The normalized spacial score (nSPS) is 22.6. The Kier molecular flexibility index (Phi) is 5.02. The molecule has 0 aromatic heterocycles. The second-order valence-electron chi connectivity index (χ2n) is 4.68. The average Bonchev–Trinajstić information content (AvgIpc) is 2.35. The first-order valence-corrected chi connectivity index (χ1v) is 6.87. The third-order valence-corrected chi connectivity index (χ3v) is 3.34. The number of benzene rings is 1. The predicted molar refractivity (Wildman–Crippen MR) is 73.8 cm³/mol. The highest BCUT2D eigenvalue weighted by Crippen LogP contribution is 2.28. The van der Waals surface area contributed by atoms with E-state index < -0.39 is 0 Å². The second-order valence-corrected chi connectivity index (χ2v) is 4.68. The van der Waals surface area contributed by atoms with E-state index in [1.807, 2.05) is 6.92 Å². The summed E-state index contributed by atoms with van der Waals surface area (Å²) in [6.45, 7) is 6.33. The first-order chi connectivity index (χ1) is 8.83. The van der Waals surface area contributed by atoms with Gasteiger partial charge < -0.3 is 14.8 Å². The molecule has 0 atom stereocenters. The zero-order chi connectivity index (χ0) is 12.8. The van der Waals surface area contributed by atoms with E-state index in [0.717, 1.165) is 26.1 Å². The number of hydrogen-bond acceptors (Lipinski definition) is 3. The first-order valence-electron chi connectivity index (χ1n) is 6.87. The van der Waals surface area contributed by atoms with Gasteiger partial charge in [-0.25, -0.2) is 0 Å². The Morgan fingerprint density at radius 1 is 1.17 bits per heavy atom. The topological polar surface area (TPSA) is 30.5 Å². The van der Waals surface area contributed by atoms with Crippen LogP contribution in [0.4, 0.5) is 5.69 Å². The Morgan fingerprint density at radius 2 is 1.94 bits per heavy atom. The molecule has 1 aliphatic carbocycles. The largest absolute Gasteiger partial charge is 0.382 e. The number of nitrogens with one attached hydrogen (secondary N) is 1. The molecule has 100 valence electrons. The van der Waals surface area contributed by atoms with Gasteiger partial charge in [0.15, 0.2) is 0 Å². The predicted octanol–water partition coefficient (Wildman–Crippen LogP) is 3.20. The Bertz CT molecular complexity index is 361. The number of ether oxygens (including phenoxy) is 2. The lowest BCUT2D eigenvalue weighted by Crippen LogP contribution is -2.41. The number of hydrogen-bond donors (Lipinski definition) is 1. The third kappa shape index (κ3) is 3.47. The minimum atomic E-state index is 0.451. The smallest absolute Gasteiger partial charge is 0.0736 e. The van der Waals surface area contributed by atoms with Gasteiger partial charge in [0.1, 0.15) is 0 Å². The third-order valence-electron chi connectivity index (χ3n) is 3.34. The van der Waals surface area contributed by atoms with Gasteiger partial charge in [0, 0.05) is 30.5 Å². The highest BCUT2D eigenvalue weighted by Gasteiger charge is 2.29. The van der Waals surface area contributed by atoms with Crippen molar-refractivity contribution in [2.75, 3.05) is 18.5 Å². The van der Waals surface area contributed by atoms with Crippen LogP contribution in [-0.2, 0) is 16.1 Å². The molecular weight excluding hydrogens is 226 g/mol. The quantitative estimate of drug-likeness (QED) is 0.805. The molecule has 1 fully saturated rings. The van der Waals surface area contributed by atoms with Crippen molar-refractivity contribution in [2.24, 2.45) is 0 Å². The Morgan fingerprint density at radius 3 is 2.67 bits per heavy atom. The number of anilines is 1. The van der Waals surface area contributed by atoms with Gasteiger partial charge in [-0.15, -0.1) is 0 Å². The Balaban J connectivity index is 1.85. The lowest BCUT2D eigenvalue weighted by Gasteiger charge is -2.36. The molecule has 0 amide bonds. The molecule has 1 aromatic carbocycles. The summed E-state index contributed by atoms with van der Waals surface area (Å²) in [6.07, 6.45) is 2.67. The van der Waals surface area contributed by atoms with Crippen molar-refractivity contribution in [3.05, 3.63) is 29.8 Å². The molecular formula is C15H23NO2. The van der Waals surface area contributed by atoms with Gasteiger partial charge in [-0.05, 0) is 32.8 Å². The fourth-order valence-corrected chi connectivity index (χ4v) is 2.27. The molecule has 0 unspecified atom stereocenters.